The van der Waals surface area contributed by atoms with Crippen LogP contribution in [0.4, 0.5) is 0 Å². The zero-order chi connectivity index (χ0) is 17.2. The van der Waals surface area contributed by atoms with Crippen molar-refractivity contribution in [2.24, 2.45) is 5.92 Å². The van der Waals surface area contributed by atoms with Crippen molar-refractivity contribution in [2.45, 2.75) is 25.9 Å². The second kappa shape index (κ2) is 6.64. The molecule has 1 saturated heterocycles. The van der Waals surface area contributed by atoms with Gasteiger partial charge in [0, 0.05) is 43.1 Å². The Bertz CT molecular complexity index is 873. The minimum absolute atomic E-state index is 0.0411. The van der Waals surface area contributed by atoms with Gasteiger partial charge in [-0.15, -0.1) is 0 Å². The highest BCUT2D eigenvalue weighted by atomic mass is 16.5. The molecule has 3 aromatic heterocycles. The van der Waals surface area contributed by atoms with Gasteiger partial charge in [0.15, 0.2) is 5.65 Å². The summed E-state index contributed by atoms with van der Waals surface area (Å²) < 4.78 is 7.52. The number of nitrogens with zero attached hydrogens (tertiary/aromatic N) is 4. The van der Waals surface area contributed by atoms with Gasteiger partial charge in [-0.2, -0.15) is 10.2 Å². The summed E-state index contributed by atoms with van der Waals surface area (Å²) in [5, 5.41) is 14.0. The third-order valence-electron chi connectivity index (χ3n) is 4.63. The Labute approximate surface area is 144 Å². The van der Waals surface area contributed by atoms with Crippen LogP contribution >= 0.6 is 0 Å². The predicted molar refractivity (Wildman–Crippen MR) is 90.1 cm³/mol. The van der Waals surface area contributed by atoms with Gasteiger partial charge in [0.1, 0.15) is 0 Å². The van der Waals surface area contributed by atoms with Crippen LogP contribution in [0, 0.1) is 12.8 Å². The third-order valence-corrected chi connectivity index (χ3v) is 4.63. The van der Waals surface area contributed by atoms with E-state index in [0.717, 1.165) is 30.7 Å². The lowest BCUT2D eigenvalue weighted by Crippen LogP contribution is -2.35. The number of aromatic nitrogens is 5. The van der Waals surface area contributed by atoms with Gasteiger partial charge in [0.25, 0.3) is 5.91 Å². The van der Waals surface area contributed by atoms with Gasteiger partial charge in [-0.05, 0) is 19.8 Å². The molecule has 0 spiro atoms. The highest BCUT2D eigenvalue weighted by Crippen LogP contribution is 2.32. The molecule has 2 atom stereocenters. The van der Waals surface area contributed by atoms with Gasteiger partial charge in [-0.25, -0.2) is 9.50 Å². The summed E-state index contributed by atoms with van der Waals surface area (Å²) in [6, 6.07) is 1.81. The number of carbonyl (C=O) groups is 1. The van der Waals surface area contributed by atoms with Gasteiger partial charge < -0.3 is 10.1 Å². The van der Waals surface area contributed by atoms with E-state index in [-0.39, 0.29) is 17.9 Å². The first-order chi connectivity index (χ1) is 12.2. The quantitative estimate of drug-likeness (QED) is 0.753. The Morgan fingerprint density at radius 3 is 3.28 bits per heavy atom. The number of nitrogens with one attached hydrogen (secondary N) is 2. The van der Waals surface area contributed by atoms with Crippen molar-refractivity contribution in [3.05, 3.63) is 47.7 Å². The number of hydrogen-bond donors (Lipinski definition) is 2. The number of rotatable bonds is 4. The van der Waals surface area contributed by atoms with Crippen molar-refractivity contribution in [1.29, 1.82) is 0 Å². The minimum Gasteiger partial charge on any atom is -0.373 e. The van der Waals surface area contributed by atoms with Crippen LogP contribution < -0.4 is 5.32 Å². The van der Waals surface area contributed by atoms with Crippen LogP contribution in [0.3, 0.4) is 0 Å². The normalized spacial score (nSPS) is 20.7. The fourth-order valence-corrected chi connectivity index (χ4v) is 3.32. The molecule has 3 aromatic rings. The van der Waals surface area contributed by atoms with Gasteiger partial charge in [0.05, 0.1) is 29.8 Å². The molecule has 0 saturated carbocycles. The smallest absolute Gasteiger partial charge is 0.254 e. The van der Waals surface area contributed by atoms with Crippen molar-refractivity contribution in [2.75, 3.05) is 13.2 Å². The lowest BCUT2D eigenvalue weighted by Gasteiger charge is -2.31. The van der Waals surface area contributed by atoms with Crippen LogP contribution in [-0.4, -0.2) is 43.9 Å². The highest BCUT2D eigenvalue weighted by molar-refractivity contribution is 5.95. The van der Waals surface area contributed by atoms with Gasteiger partial charge in [-0.3, -0.25) is 9.89 Å². The molecule has 8 nitrogen and oxygen atoms in total. The van der Waals surface area contributed by atoms with Gasteiger partial charge >= 0.3 is 0 Å². The Morgan fingerprint density at radius 1 is 1.52 bits per heavy atom. The monoisotopic (exact) mass is 340 g/mol. The largest absolute Gasteiger partial charge is 0.373 e. The number of aryl methyl sites for hydroxylation is 1. The molecule has 1 aliphatic rings. The molecule has 0 aliphatic carbocycles. The lowest BCUT2D eigenvalue weighted by atomic mass is 9.91. The van der Waals surface area contributed by atoms with Gasteiger partial charge in [0.2, 0.25) is 0 Å². The molecule has 0 radical (unpaired) electrons. The van der Waals surface area contributed by atoms with Crippen molar-refractivity contribution >= 4 is 11.6 Å². The lowest BCUT2D eigenvalue weighted by molar-refractivity contribution is -0.0272. The standard InChI is InChI=1S/C17H20N6O2/c1-11-14(10-23-15(22-11)4-5-21-23)17(24)18-7-12-3-2-6-25-16(12)13-8-19-20-9-13/h4-5,8-10,12,16H,2-3,6-7H2,1H3,(H,18,24)(H,19,20)/t12-,16+/m0/s1. The molecule has 8 heteroatoms. The number of aromatic amines is 1. The van der Waals surface area contributed by atoms with Crippen molar-refractivity contribution in [3.63, 3.8) is 0 Å². The number of ether oxygens (including phenoxy) is 1. The van der Waals surface area contributed by atoms with Crippen LogP contribution in [0.5, 0.6) is 0 Å². The zero-order valence-electron chi connectivity index (χ0n) is 14.0. The van der Waals surface area contributed by atoms with E-state index in [1.165, 1.54) is 0 Å². The van der Waals surface area contributed by atoms with Crippen LogP contribution in [0.25, 0.3) is 5.65 Å². The van der Waals surface area contributed by atoms with E-state index < -0.39 is 0 Å². The SMILES string of the molecule is Cc1nc2ccnn2cc1C(=O)NC[C@@H]1CCCO[C@H]1c1cn[nH]c1. The van der Waals surface area contributed by atoms with Crippen LogP contribution in [0.2, 0.25) is 0 Å². The number of H-pyrrole nitrogens is 1. The molecule has 2 N–H and O–H groups in total. The molecule has 1 amide bonds. The first-order valence-electron chi connectivity index (χ1n) is 8.42. The summed E-state index contributed by atoms with van der Waals surface area (Å²) in [5.74, 6) is 0.0796. The topological polar surface area (TPSA) is 97.2 Å². The molecule has 1 aliphatic heterocycles. The van der Waals surface area contributed by atoms with E-state index in [9.17, 15) is 4.79 Å². The summed E-state index contributed by atoms with van der Waals surface area (Å²) in [6.45, 7) is 3.12. The van der Waals surface area contributed by atoms with E-state index in [1.54, 1.807) is 23.1 Å². The Kier molecular flexibility index (Phi) is 4.19. The van der Waals surface area contributed by atoms with Crippen LogP contribution in [0.1, 0.15) is 40.6 Å². The summed E-state index contributed by atoms with van der Waals surface area (Å²) in [6.07, 6.45) is 8.98. The van der Waals surface area contributed by atoms with E-state index >= 15 is 0 Å². The summed E-state index contributed by atoms with van der Waals surface area (Å²) in [7, 11) is 0. The summed E-state index contributed by atoms with van der Waals surface area (Å²) in [5.41, 5.74) is 2.98. The average Bonchev–Trinajstić information content (AvgIpc) is 3.30. The maximum atomic E-state index is 12.6. The Balaban J connectivity index is 1.47. The molecule has 0 bridgehead atoms. The van der Waals surface area contributed by atoms with E-state index in [2.05, 4.69) is 25.6 Å². The predicted octanol–water partition coefficient (Wildman–Crippen LogP) is 1.66. The molecule has 130 valence electrons. The molecular formula is C17H20N6O2. The van der Waals surface area contributed by atoms with Crippen LogP contribution in [-0.2, 0) is 4.74 Å². The Morgan fingerprint density at radius 2 is 2.44 bits per heavy atom. The van der Waals surface area contributed by atoms with Gasteiger partial charge in [-0.1, -0.05) is 0 Å². The van der Waals surface area contributed by atoms with Crippen molar-refractivity contribution < 1.29 is 9.53 Å². The third kappa shape index (κ3) is 3.12. The van der Waals surface area contributed by atoms with E-state index in [1.807, 2.05) is 19.2 Å². The zero-order valence-corrected chi connectivity index (χ0v) is 14.0. The summed E-state index contributed by atoms with van der Waals surface area (Å²) in [4.78, 5) is 17.0. The average molecular weight is 340 g/mol. The van der Waals surface area contributed by atoms with E-state index in [4.69, 9.17) is 4.74 Å². The second-order valence-electron chi connectivity index (χ2n) is 6.31. The second-order valence-corrected chi connectivity index (χ2v) is 6.31. The van der Waals surface area contributed by atoms with E-state index in [0.29, 0.717) is 17.8 Å². The number of hydrogen-bond acceptors (Lipinski definition) is 5. The molecule has 0 aromatic carbocycles. The molecule has 25 heavy (non-hydrogen) atoms. The van der Waals surface area contributed by atoms with Crippen molar-refractivity contribution in [3.8, 4) is 0 Å². The maximum absolute atomic E-state index is 12.6. The number of carbonyl (C=O) groups excluding carboxylic acids is 1. The highest BCUT2D eigenvalue weighted by Gasteiger charge is 2.28. The molecule has 0 unspecified atom stereocenters. The fraction of sp³-hybridized carbons (Fsp3) is 0.412. The maximum Gasteiger partial charge on any atom is 0.254 e. The summed E-state index contributed by atoms with van der Waals surface area (Å²) >= 11 is 0. The molecule has 4 rings (SSSR count). The molecular weight excluding hydrogens is 320 g/mol. The Hall–Kier alpha value is -2.74. The van der Waals surface area contributed by atoms with Crippen molar-refractivity contribution in [1.82, 2.24) is 30.1 Å². The molecule has 4 heterocycles. The fourth-order valence-electron chi connectivity index (χ4n) is 3.32. The van der Waals surface area contributed by atoms with Crippen LogP contribution in [0.15, 0.2) is 30.9 Å². The number of amides is 1. The first kappa shape index (κ1) is 15.8. The molecule has 1 fully saturated rings. The first-order valence-corrected chi connectivity index (χ1v) is 8.42. The minimum atomic E-state index is -0.140. The number of fused-ring (bicyclic) bond motifs is 1.